The summed E-state index contributed by atoms with van der Waals surface area (Å²) in [5.41, 5.74) is 8.89. The van der Waals surface area contributed by atoms with Crippen molar-refractivity contribution in [1.82, 2.24) is 14.7 Å². The highest BCUT2D eigenvalue weighted by Gasteiger charge is 2.12. The lowest BCUT2D eigenvalue weighted by Gasteiger charge is -2.07. The predicted molar refractivity (Wildman–Crippen MR) is 115 cm³/mol. The number of nitrogens with zero attached hydrogens (tertiary/aromatic N) is 3. The molecule has 0 radical (unpaired) electrons. The molecule has 0 saturated heterocycles. The average Bonchev–Trinajstić information content (AvgIpc) is 3.43. The number of carbonyl (C=O) groups is 1. The molecule has 4 aromatic rings. The fraction of sp³-hybridized carbons (Fsp3) is 0.125. The van der Waals surface area contributed by atoms with Crippen molar-refractivity contribution < 1.29 is 14.4 Å². The second kappa shape index (κ2) is 8.69. The van der Waals surface area contributed by atoms with E-state index in [0.29, 0.717) is 23.7 Å². The summed E-state index contributed by atoms with van der Waals surface area (Å²) in [4.78, 5) is 15.4. The molecule has 2 aromatic heterocycles. The van der Waals surface area contributed by atoms with Gasteiger partial charge in [-0.1, -0.05) is 23.1 Å². The Morgan fingerprint density at radius 1 is 1.16 bits per heavy atom. The second-order valence-corrected chi connectivity index (χ2v) is 7.04. The van der Waals surface area contributed by atoms with Gasteiger partial charge in [0.2, 0.25) is 5.91 Å². The van der Waals surface area contributed by atoms with Crippen molar-refractivity contribution in [2.45, 2.75) is 19.6 Å². The third-order valence-corrected chi connectivity index (χ3v) is 4.68. The normalized spacial score (nSPS) is 11.5. The number of aliphatic hydroxyl groups is 1. The van der Waals surface area contributed by atoms with Gasteiger partial charge in [0.05, 0.1) is 6.54 Å². The van der Waals surface area contributed by atoms with E-state index in [9.17, 15) is 9.90 Å². The molecular weight excluding hydrogens is 392 g/mol. The van der Waals surface area contributed by atoms with Crippen LogP contribution in [0.15, 0.2) is 71.5 Å². The molecule has 0 fully saturated rings. The first-order valence-corrected chi connectivity index (χ1v) is 9.66. The van der Waals surface area contributed by atoms with Crippen LogP contribution in [0.5, 0.6) is 0 Å². The minimum absolute atomic E-state index is 0.430. The lowest BCUT2D eigenvalue weighted by Crippen LogP contribution is -2.10. The van der Waals surface area contributed by atoms with Crippen molar-refractivity contribution in [2.24, 2.45) is 5.73 Å². The fourth-order valence-corrected chi connectivity index (χ4v) is 3.13. The standard InChI is InChI=1S/C24H20N4O3/c1-16(29)24-26-11-12-28(24)15-21-14-22(31-27-21)19-9-7-17(8-10-19)5-6-18-3-2-4-20(13-18)23(25)30/h2-4,7-14,16,29H,15H2,1H3,(H2,25,30). The molecular formula is C24H20N4O3. The minimum Gasteiger partial charge on any atom is -0.385 e. The van der Waals surface area contributed by atoms with Crippen LogP contribution in [0.1, 0.15) is 46.0 Å². The largest absolute Gasteiger partial charge is 0.385 e. The molecule has 31 heavy (non-hydrogen) atoms. The van der Waals surface area contributed by atoms with Gasteiger partial charge in [0.15, 0.2) is 5.76 Å². The molecule has 7 heteroatoms. The fourth-order valence-electron chi connectivity index (χ4n) is 3.13. The summed E-state index contributed by atoms with van der Waals surface area (Å²) >= 11 is 0. The van der Waals surface area contributed by atoms with Gasteiger partial charge in [-0.3, -0.25) is 4.79 Å². The van der Waals surface area contributed by atoms with Gasteiger partial charge in [-0.2, -0.15) is 0 Å². The smallest absolute Gasteiger partial charge is 0.248 e. The Bertz CT molecular complexity index is 1270. The highest BCUT2D eigenvalue weighted by molar-refractivity contribution is 5.93. The number of benzene rings is 2. The van der Waals surface area contributed by atoms with Gasteiger partial charge in [0.25, 0.3) is 0 Å². The molecule has 154 valence electrons. The maximum absolute atomic E-state index is 11.3. The van der Waals surface area contributed by atoms with E-state index in [1.807, 2.05) is 41.0 Å². The summed E-state index contributed by atoms with van der Waals surface area (Å²) in [6.07, 6.45) is 2.78. The molecule has 1 amide bonds. The lowest BCUT2D eigenvalue weighted by molar-refractivity contribution is 0.1000. The maximum atomic E-state index is 11.3. The number of aromatic nitrogens is 3. The van der Waals surface area contributed by atoms with Crippen LogP contribution >= 0.6 is 0 Å². The van der Waals surface area contributed by atoms with Gasteiger partial charge < -0.3 is 19.9 Å². The van der Waals surface area contributed by atoms with Crippen LogP contribution in [-0.4, -0.2) is 25.7 Å². The van der Waals surface area contributed by atoms with E-state index in [1.165, 1.54) is 0 Å². The van der Waals surface area contributed by atoms with Crippen LogP contribution in [0, 0.1) is 11.8 Å². The maximum Gasteiger partial charge on any atom is 0.248 e. The number of hydrogen-bond donors (Lipinski definition) is 2. The Balaban J connectivity index is 1.48. The summed E-state index contributed by atoms with van der Waals surface area (Å²) in [6.45, 7) is 2.13. The van der Waals surface area contributed by atoms with E-state index >= 15 is 0 Å². The molecule has 1 unspecified atom stereocenters. The van der Waals surface area contributed by atoms with E-state index in [-0.39, 0.29) is 0 Å². The van der Waals surface area contributed by atoms with E-state index in [1.54, 1.807) is 37.5 Å². The minimum atomic E-state index is -0.659. The van der Waals surface area contributed by atoms with Crippen LogP contribution in [0.4, 0.5) is 0 Å². The lowest BCUT2D eigenvalue weighted by atomic mass is 10.1. The van der Waals surface area contributed by atoms with Crippen molar-refractivity contribution in [3.63, 3.8) is 0 Å². The molecule has 0 bridgehead atoms. The zero-order valence-corrected chi connectivity index (χ0v) is 16.8. The summed E-state index contributed by atoms with van der Waals surface area (Å²) < 4.78 is 7.31. The van der Waals surface area contributed by atoms with Gasteiger partial charge in [0, 0.05) is 40.7 Å². The number of nitrogens with two attached hydrogens (primary N) is 1. The number of imidazole rings is 1. The van der Waals surface area contributed by atoms with E-state index < -0.39 is 12.0 Å². The number of carbonyl (C=O) groups excluding carboxylic acids is 1. The van der Waals surface area contributed by atoms with Crippen molar-refractivity contribution in [3.8, 4) is 23.2 Å². The van der Waals surface area contributed by atoms with Crippen molar-refractivity contribution >= 4 is 5.91 Å². The second-order valence-electron chi connectivity index (χ2n) is 7.04. The Hall–Kier alpha value is -4.15. The van der Waals surface area contributed by atoms with Gasteiger partial charge in [-0.25, -0.2) is 4.98 Å². The predicted octanol–water partition coefficient (Wildman–Crippen LogP) is 3.14. The van der Waals surface area contributed by atoms with Crippen LogP contribution < -0.4 is 5.73 Å². The number of hydrogen-bond acceptors (Lipinski definition) is 5. The first kappa shape index (κ1) is 20.1. The number of rotatable bonds is 5. The first-order chi connectivity index (χ1) is 15.0. The Kier molecular flexibility index (Phi) is 5.65. The number of primary amides is 1. The van der Waals surface area contributed by atoms with Crippen molar-refractivity contribution in [2.75, 3.05) is 0 Å². The molecule has 0 spiro atoms. The Morgan fingerprint density at radius 3 is 2.68 bits per heavy atom. The van der Waals surface area contributed by atoms with E-state index in [4.69, 9.17) is 10.3 Å². The number of aliphatic hydroxyl groups excluding tert-OH is 1. The van der Waals surface area contributed by atoms with Gasteiger partial charge >= 0.3 is 0 Å². The van der Waals surface area contributed by atoms with Crippen LogP contribution in [0.3, 0.4) is 0 Å². The monoisotopic (exact) mass is 412 g/mol. The molecule has 7 nitrogen and oxygen atoms in total. The first-order valence-electron chi connectivity index (χ1n) is 9.66. The highest BCUT2D eigenvalue weighted by Crippen LogP contribution is 2.22. The third-order valence-electron chi connectivity index (χ3n) is 4.68. The SMILES string of the molecule is CC(O)c1nccn1Cc1cc(-c2ccc(C#Cc3cccc(C(N)=O)c3)cc2)on1. The third kappa shape index (κ3) is 4.71. The molecule has 0 aliphatic carbocycles. The molecule has 0 saturated carbocycles. The van der Waals surface area contributed by atoms with Crippen LogP contribution in [0.2, 0.25) is 0 Å². The highest BCUT2D eigenvalue weighted by atomic mass is 16.5. The summed E-state index contributed by atoms with van der Waals surface area (Å²) in [5, 5.41) is 13.9. The topological polar surface area (TPSA) is 107 Å². The molecule has 4 rings (SSSR count). The van der Waals surface area contributed by atoms with Gasteiger partial charge in [-0.05, 0) is 49.4 Å². The summed E-state index contributed by atoms with van der Waals surface area (Å²) in [5.74, 6) is 6.85. The molecule has 1 atom stereocenters. The zero-order valence-electron chi connectivity index (χ0n) is 16.8. The van der Waals surface area contributed by atoms with Gasteiger partial charge in [0.1, 0.15) is 17.6 Å². The summed E-state index contributed by atoms with van der Waals surface area (Å²) in [6, 6.07) is 16.4. The van der Waals surface area contributed by atoms with E-state index in [2.05, 4.69) is 22.0 Å². The molecule has 0 aliphatic rings. The Morgan fingerprint density at radius 2 is 1.94 bits per heavy atom. The Labute approximate surface area is 179 Å². The molecule has 0 aliphatic heterocycles. The zero-order chi connectivity index (χ0) is 21.8. The molecule has 2 heterocycles. The quantitative estimate of drug-likeness (QED) is 0.490. The van der Waals surface area contributed by atoms with Crippen molar-refractivity contribution in [1.29, 1.82) is 0 Å². The van der Waals surface area contributed by atoms with Crippen molar-refractivity contribution in [3.05, 3.63) is 95.2 Å². The van der Waals surface area contributed by atoms with Gasteiger partial charge in [-0.15, -0.1) is 0 Å². The molecule has 2 aromatic carbocycles. The summed E-state index contributed by atoms with van der Waals surface area (Å²) in [7, 11) is 0. The molecule has 3 N–H and O–H groups in total. The average molecular weight is 412 g/mol. The van der Waals surface area contributed by atoms with Crippen LogP contribution in [0.25, 0.3) is 11.3 Å². The van der Waals surface area contributed by atoms with Crippen LogP contribution in [-0.2, 0) is 6.54 Å². The number of amides is 1. The van der Waals surface area contributed by atoms with E-state index in [0.717, 1.165) is 22.4 Å².